The van der Waals surface area contributed by atoms with E-state index in [2.05, 4.69) is 21.2 Å². The fourth-order valence-corrected chi connectivity index (χ4v) is 4.55. The third-order valence-electron chi connectivity index (χ3n) is 3.16. The third kappa shape index (κ3) is 3.90. The lowest BCUT2D eigenvalue weighted by atomic mass is 10.1. The van der Waals surface area contributed by atoms with Gasteiger partial charge in [0.2, 0.25) is 0 Å². The van der Waals surface area contributed by atoms with E-state index in [9.17, 15) is 8.42 Å². The second kappa shape index (κ2) is 5.76. The summed E-state index contributed by atoms with van der Waals surface area (Å²) in [5.41, 5.74) is 7.30. The maximum atomic E-state index is 11.4. The number of sulfone groups is 1. The fourth-order valence-electron chi connectivity index (χ4n) is 2.16. The van der Waals surface area contributed by atoms with Gasteiger partial charge in [-0.05, 0) is 30.5 Å². The van der Waals surface area contributed by atoms with Crippen LogP contribution in [0.3, 0.4) is 0 Å². The summed E-state index contributed by atoms with van der Waals surface area (Å²) in [6.07, 6.45) is 0.717. The molecule has 1 aromatic carbocycles. The van der Waals surface area contributed by atoms with Gasteiger partial charge in [-0.1, -0.05) is 28.1 Å². The first kappa shape index (κ1) is 14.7. The fraction of sp³-hybridized carbons (Fsp3) is 0.417. The molecule has 0 aliphatic carbocycles. The molecule has 1 atom stereocenters. The van der Waals surface area contributed by atoms with Gasteiger partial charge >= 0.3 is 0 Å². The Kier molecular flexibility index (Phi) is 4.47. The van der Waals surface area contributed by atoms with Crippen molar-refractivity contribution < 1.29 is 8.42 Å². The van der Waals surface area contributed by atoms with E-state index in [1.165, 1.54) is 0 Å². The van der Waals surface area contributed by atoms with Crippen molar-refractivity contribution in [3.8, 4) is 0 Å². The number of hydrogen-bond acceptors (Lipinski definition) is 4. The minimum atomic E-state index is -2.83. The first-order valence-corrected chi connectivity index (χ1v) is 8.93. The van der Waals surface area contributed by atoms with Crippen LogP contribution in [0, 0.1) is 5.92 Å². The lowest BCUT2D eigenvalue weighted by Gasteiger charge is -2.14. The maximum Gasteiger partial charge on any atom is 0.150 e. The average molecular weight is 363 g/mol. The second-order valence-electron chi connectivity index (χ2n) is 4.70. The highest BCUT2D eigenvalue weighted by Crippen LogP contribution is 2.23. The highest BCUT2D eigenvalue weighted by Gasteiger charge is 2.27. The third-order valence-corrected chi connectivity index (χ3v) is 5.71. The molecule has 1 aliphatic rings. The Morgan fingerprint density at radius 2 is 2.26 bits per heavy atom. The van der Waals surface area contributed by atoms with Crippen molar-refractivity contribution in [3.63, 3.8) is 0 Å². The number of thiocarbonyl (C=S) groups is 1. The Morgan fingerprint density at radius 1 is 1.53 bits per heavy atom. The Bertz CT molecular complexity index is 602. The molecular weight excluding hydrogens is 348 g/mol. The number of halogens is 1. The van der Waals surface area contributed by atoms with E-state index in [0.29, 0.717) is 23.7 Å². The summed E-state index contributed by atoms with van der Waals surface area (Å²) in [7, 11) is -2.83. The summed E-state index contributed by atoms with van der Waals surface area (Å²) in [5, 5.41) is 3.25. The van der Waals surface area contributed by atoms with Crippen molar-refractivity contribution in [2.75, 3.05) is 23.4 Å². The van der Waals surface area contributed by atoms with Gasteiger partial charge < -0.3 is 11.1 Å². The molecule has 1 aromatic rings. The average Bonchev–Trinajstić information content (AvgIpc) is 2.67. The summed E-state index contributed by atoms with van der Waals surface area (Å²) >= 11 is 8.39. The van der Waals surface area contributed by atoms with Crippen LogP contribution >= 0.6 is 28.1 Å². The standard InChI is InChI=1S/C12H15BrN2O2S2/c13-9-1-2-11(10(5-9)12(14)18)15-6-8-3-4-19(16,17)7-8/h1-2,5,8,15H,3-4,6-7H2,(H2,14,18). The van der Waals surface area contributed by atoms with Gasteiger partial charge in [0.1, 0.15) is 4.99 Å². The van der Waals surface area contributed by atoms with Crippen LogP contribution in [-0.2, 0) is 9.84 Å². The van der Waals surface area contributed by atoms with Gasteiger partial charge in [0.25, 0.3) is 0 Å². The monoisotopic (exact) mass is 362 g/mol. The Balaban J connectivity index is 2.06. The van der Waals surface area contributed by atoms with Crippen LogP contribution in [0.2, 0.25) is 0 Å². The van der Waals surface area contributed by atoms with E-state index < -0.39 is 9.84 Å². The van der Waals surface area contributed by atoms with E-state index in [1.54, 1.807) is 0 Å². The molecule has 3 N–H and O–H groups in total. The van der Waals surface area contributed by atoms with Crippen LogP contribution in [0.4, 0.5) is 5.69 Å². The van der Waals surface area contributed by atoms with E-state index in [0.717, 1.165) is 15.7 Å². The van der Waals surface area contributed by atoms with Crippen molar-refractivity contribution in [1.82, 2.24) is 0 Å². The molecule has 1 saturated heterocycles. The van der Waals surface area contributed by atoms with Gasteiger partial charge in [-0.25, -0.2) is 8.42 Å². The van der Waals surface area contributed by atoms with Crippen molar-refractivity contribution in [2.45, 2.75) is 6.42 Å². The molecule has 1 fully saturated rings. The number of nitrogens with two attached hydrogens (primary N) is 1. The lowest BCUT2D eigenvalue weighted by Crippen LogP contribution is -2.18. The Labute approximate surface area is 126 Å². The highest BCUT2D eigenvalue weighted by molar-refractivity contribution is 9.10. The normalized spacial score (nSPS) is 21.2. The molecule has 104 valence electrons. The SMILES string of the molecule is NC(=S)c1cc(Br)ccc1NCC1CCS(=O)(=O)C1. The molecule has 7 heteroatoms. The summed E-state index contributed by atoms with van der Waals surface area (Å²) in [5.74, 6) is 0.716. The number of anilines is 1. The number of benzene rings is 1. The van der Waals surface area contributed by atoms with Gasteiger partial charge in [-0.15, -0.1) is 0 Å². The predicted octanol–water partition coefficient (Wildman–Crippen LogP) is 1.93. The zero-order valence-corrected chi connectivity index (χ0v) is 13.4. The molecule has 0 amide bonds. The van der Waals surface area contributed by atoms with Crippen molar-refractivity contribution in [2.24, 2.45) is 11.7 Å². The van der Waals surface area contributed by atoms with E-state index in [1.807, 2.05) is 18.2 Å². The first-order valence-electron chi connectivity index (χ1n) is 5.91. The number of hydrogen-bond donors (Lipinski definition) is 2. The molecule has 4 nitrogen and oxygen atoms in total. The van der Waals surface area contributed by atoms with Crippen molar-refractivity contribution >= 4 is 48.7 Å². The summed E-state index contributed by atoms with van der Waals surface area (Å²) in [6.45, 7) is 0.622. The zero-order valence-electron chi connectivity index (χ0n) is 10.2. The molecule has 0 radical (unpaired) electrons. The Morgan fingerprint density at radius 3 is 2.84 bits per heavy atom. The van der Waals surface area contributed by atoms with Gasteiger partial charge in [0, 0.05) is 22.3 Å². The molecule has 0 aromatic heterocycles. The van der Waals surface area contributed by atoms with Gasteiger partial charge in [0.15, 0.2) is 9.84 Å². The molecule has 19 heavy (non-hydrogen) atoms. The van der Waals surface area contributed by atoms with Gasteiger partial charge in [-0.2, -0.15) is 0 Å². The van der Waals surface area contributed by atoms with Crippen LogP contribution in [-0.4, -0.2) is 31.5 Å². The second-order valence-corrected chi connectivity index (χ2v) is 8.29. The minimum absolute atomic E-state index is 0.160. The number of nitrogens with one attached hydrogen (secondary N) is 1. The smallest absolute Gasteiger partial charge is 0.150 e. The molecular formula is C12H15BrN2O2S2. The Hall–Kier alpha value is -0.660. The quantitative estimate of drug-likeness (QED) is 0.800. The van der Waals surface area contributed by atoms with Crippen LogP contribution in [0.1, 0.15) is 12.0 Å². The maximum absolute atomic E-state index is 11.4. The molecule has 2 rings (SSSR count). The van der Waals surface area contributed by atoms with Gasteiger partial charge in [0.05, 0.1) is 11.5 Å². The van der Waals surface area contributed by atoms with E-state index in [-0.39, 0.29) is 11.7 Å². The van der Waals surface area contributed by atoms with Crippen LogP contribution in [0.25, 0.3) is 0 Å². The largest absolute Gasteiger partial charge is 0.389 e. The molecule has 1 heterocycles. The van der Waals surface area contributed by atoms with E-state index in [4.69, 9.17) is 18.0 Å². The van der Waals surface area contributed by atoms with Crippen molar-refractivity contribution in [3.05, 3.63) is 28.2 Å². The summed E-state index contributed by atoms with van der Waals surface area (Å²) in [4.78, 5) is 0.322. The van der Waals surface area contributed by atoms with Crippen molar-refractivity contribution in [1.29, 1.82) is 0 Å². The topological polar surface area (TPSA) is 72.2 Å². The molecule has 0 spiro atoms. The zero-order chi connectivity index (χ0) is 14.0. The highest BCUT2D eigenvalue weighted by atomic mass is 79.9. The van der Waals surface area contributed by atoms with Crippen LogP contribution in [0.5, 0.6) is 0 Å². The van der Waals surface area contributed by atoms with Gasteiger partial charge in [-0.3, -0.25) is 0 Å². The molecule has 1 unspecified atom stereocenters. The van der Waals surface area contributed by atoms with Crippen LogP contribution in [0.15, 0.2) is 22.7 Å². The summed E-state index contributed by atoms with van der Waals surface area (Å²) < 4.78 is 23.7. The lowest BCUT2D eigenvalue weighted by molar-refractivity contribution is 0.596. The number of rotatable bonds is 4. The molecule has 0 bridgehead atoms. The predicted molar refractivity (Wildman–Crippen MR) is 85.3 cm³/mol. The van der Waals surface area contributed by atoms with E-state index >= 15 is 0 Å². The molecule has 1 aliphatic heterocycles. The molecule has 0 saturated carbocycles. The minimum Gasteiger partial charge on any atom is -0.389 e. The first-order chi connectivity index (χ1) is 8.87. The van der Waals surface area contributed by atoms with Crippen LogP contribution < -0.4 is 11.1 Å². The summed E-state index contributed by atoms with van der Waals surface area (Å²) in [6, 6.07) is 5.65.